The van der Waals surface area contributed by atoms with E-state index in [1.807, 2.05) is 0 Å². The van der Waals surface area contributed by atoms with E-state index in [1.54, 1.807) is 18.2 Å². The summed E-state index contributed by atoms with van der Waals surface area (Å²) in [5, 5.41) is 21.2. The van der Waals surface area contributed by atoms with Gasteiger partial charge in [-0.05, 0) is 30.7 Å². The minimum atomic E-state index is -1.55. The summed E-state index contributed by atoms with van der Waals surface area (Å²) in [6.45, 7) is -0.250. The summed E-state index contributed by atoms with van der Waals surface area (Å²) in [6, 6.07) is 3.86. The summed E-state index contributed by atoms with van der Waals surface area (Å²) in [5.41, 5.74) is 4.96. The third-order valence-electron chi connectivity index (χ3n) is 8.53. The molecule has 0 radical (unpaired) electrons. The Morgan fingerprint density at radius 1 is 1.23 bits per heavy atom. The van der Waals surface area contributed by atoms with E-state index in [4.69, 9.17) is 10.5 Å². The van der Waals surface area contributed by atoms with Gasteiger partial charge in [-0.3, -0.25) is 19.2 Å². The second kappa shape index (κ2) is 10.4. The molecular weight excluding hydrogens is 518 g/mol. The van der Waals surface area contributed by atoms with E-state index in [2.05, 4.69) is 11.4 Å². The van der Waals surface area contributed by atoms with Crippen LogP contribution in [0.15, 0.2) is 18.2 Å². The Labute approximate surface area is 231 Å². The van der Waals surface area contributed by atoms with E-state index in [0.29, 0.717) is 18.4 Å². The van der Waals surface area contributed by atoms with Crippen molar-refractivity contribution in [1.29, 1.82) is 5.26 Å². The number of hydrogen-bond acceptors (Lipinski definition) is 7. The molecule has 4 aliphatic rings. The first-order valence-corrected chi connectivity index (χ1v) is 13.6. The lowest BCUT2D eigenvalue weighted by atomic mass is 9.86. The van der Waals surface area contributed by atoms with Gasteiger partial charge in [-0.2, -0.15) is 5.26 Å². The van der Waals surface area contributed by atoms with Gasteiger partial charge in [0.05, 0.1) is 12.1 Å². The molecule has 4 amide bonds. The number of carbonyl (C=O) groups is 5. The number of nitriles is 1. The average Bonchev–Trinajstić information content (AvgIpc) is 3.85. The first-order chi connectivity index (χ1) is 19.0. The first-order valence-electron chi connectivity index (χ1n) is 13.6. The number of ketones is 1. The topological polar surface area (TPSA) is 183 Å². The third-order valence-corrected chi connectivity index (χ3v) is 8.53. The van der Waals surface area contributed by atoms with Crippen molar-refractivity contribution in [2.75, 3.05) is 13.6 Å². The molecule has 2 saturated carbocycles. The molecule has 40 heavy (non-hydrogen) atoms. The van der Waals surface area contributed by atoms with Crippen molar-refractivity contribution in [3.8, 4) is 11.8 Å². The Balaban J connectivity index is 1.42. The van der Waals surface area contributed by atoms with Crippen molar-refractivity contribution in [3.05, 3.63) is 29.3 Å². The molecule has 1 spiro atoms. The van der Waals surface area contributed by atoms with E-state index >= 15 is 0 Å². The number of para-hydroxylation sites is 1. The minimum absolute atomic E-state index is 0.0219. The SMILES string of the molecule is CN(C(=O)C(CC1CC1)NC(=O)O)C(CC1CC1)C(=O)N1C[C@@]2(C[C@H]1C(N)=O)Oc1c(C#N)cccc1CC2=O. The number of amides is 4. The second-order valence-electron chi connectivity index (χ2n) is 11.5. The smallest absolute Gasteiger partial charge is 0.405 e. The molecule has 2 heterocycles. The van der Waals surface area contributed by atoms with Gasteiger partial charge in [-0.25, -0.2) is 4.79 Å². The van der Waals surface area contributed by atoms with Crippen molar-refractivity contribution in [1.82, 2.24) is 15.1 Å². The molecule has 1 aromatic carbocycles. The van der Waals surface area contributed by atoms with Gasteiger partial charge in [0.1, 0.15) is 29.9 Å². The highest BCUT2D eigenvalue weighted by Gasteiger charge is 2.57. The Morgan fingerprint density at radius 3 is 2.50 bits per heavy atom. The largest absolute Gasteiger partial charge is 0.476 e. The van der Waals surface area contributed by atoms with Gasteiger partial charge in [-0.1, -0.05) is 37.8 Å². The van der Waals surface area contributed by atoms with Gasteiger partial charge in [0.2, 0.25) is 17.7 Å². The predicted molar refractivity (Wildman–Crippen MR) is 139 cm³/mol. The zero-order chi connectivity index (χ0) is 28.8. The lowest BCUT2D eigenvalue weighted by molar-refractivity contribution is -0.149. The molecule has 0 aromatic heterocycles. The van der Waals surface area contributed by atoms with E-state index in [9.17, 15) is 34.3 Å². The van der Waals surface area contributed by atoms with Crippen molar-refractivity contribution in [2.45, 2.75) is 75.1 Å². The number of primary amides is 1. The second-order valence-corrected chi connectivity index (χ2v) is 11.5. The maximum atomic E-state index is 14.1. The fourth-order valence-corrected chi connectivity index (χ4v) is 5.90. The van der Waals surface area contributed by atoms with Gasteiger partial charge in [0.25, 0.3) is 0 Å². The van der Waals surface area contributed by atoms with Gasteiger partial charge in [0, 0.05) is 25.5 Å². The number of nitrogens with one attached hydrogen (secondary N) is 1. The lowest BCUT2D eigenvalue weighted by Gasteiger charge is -2.36. The molecule has 2 aliphatic carbocycles. The summed E-state index contributed by atoms with van der Waals surface area (Å²) in [6.07, 6.45) is 2.80. The molecule has 2 aliphatic heterocycles. The highest BCUT2D eigenvalue weighted by molar-refractivity contribution is 5.98. The van der Waals surface area contributed by atoms with E-state index in [-0.39, 0.29) is 48.3 Å². The zero-order valence-electron chi connectivity index (χ0n) is 22.3. The Hall–Kier alpha value is -4.14. The lowest BCUT2D eigenvalue weighted by Crippen LogP contribution is -2.57. The van der Waals surface area contributed by atoms with Crippen LogP contribution in [0, 0.1) is 23.2 Å². The standard InChI is InChI=1S/C28H33N5O7/c1-32(25(36)19(31-27(38)39)9-15-5-6-15)20(10-16-7-8-16)26(37)33-14-28(12-21(33)24(30)35)22(34)11-17-3-2-4-18(13-29)23(17)40-28/h2-4,15-16,19-21,31H,5-12,14H2,1H3,(H2,30,35)(H,38,39)/t19?,20?,21-,28+/m0/s1. The Bertz CT molecular complexity index is 1300. The number of rotatable bonds is 9. The number of carboxylic acid groups (broad SMARTS) is 1. The number of carbonyl (C=O) groups excluding carboxylic acids is 4. The number of hydrogen-bond donors (Lipinski definition) is 3. The Kier molecular flexibility index (Phi) is 7.16. The van der Waals surface area contributed by atoms with Crippen LogP contribution in [-0.2, 0) is 25.6 Å². The zero-order valence-corrected chi connectivity index (χ0v) is 22.3. The van der Waals surface area contributed by atoms with Crippen LogP contribution in [0.1, 0.15) is 56.1 Å². The predicted octanol–water partition coefficient (Wildman–Crippen LogP) is 0.951. The quantitative estimate of drug-likeness (QED) is 0.405. The maximum absolute atomic E-state index is 14.1. The summed E-state index contributed by atoms with van der Waals surface area (Å²) in [7, 11) is 1.47. The normalized spacial score (nSPS) is 24.9. The summed E-state index contributed by atoms with van der Waals surface area (Å²) >= 11 is 0. The van der Waals surface area contributed by atoms with Crippen LogP contribution in [0.3, 0.4) is 0 Å². The van der Waals surface area contributed by atoms with Crippen LogP contribution >= 0.6 is 0 Å². The van der Waals surface area contributed by atoms with Gasteiger partial charge >= 0.3 is 6.09 Å². The number of likely N-dealkylation sites (N-methyl/N-ethyl adjacent to an activating group) is 1. The van der Waals surface area contributed by atoms with E-state index in [0.717, 1.165) is 25.7 Å². The van der Waals surface area contributed by atoms with Crippen LogP contribution in [-0.4, -0.2) is 81.8 Å². The summed E-state index contributed by atoms with van der Waals surface area (Å²) in [5.74, 6) is -1.48. The highest BCUT2D eigenvalue weighted by Crippen LogP contribution is 2.42. The number of benzene rings is 1. The fraction of sp³-hybridized carbons (Fsp3) is 0.571. The molecule has 12 heteroatoms. The molecular formula is C28H33N5O7. The molecule has 12 nitrogen and oxygen atoms in total. The van der Waals surface area contributed by atoms with Crippen LogP contribution in [0.5, 0.6) is 5.75 Å². The van der Waals surface area contributed by atoms with Crippen molar-refractivity contribution in [2.24, 2.45) is 17.6 Å². The molecule has 1 saturated heterocycles. The van der Waals surface area contributed by atoms with Crippen LogP contribution in [0.4, 0.5) is 4.79 Å². The van der Waals surface area contributed by atoms with Crippen molar-refractivity contribution < 1.29 is 33.8 Å². The first kappa shape index (κ1) is 27.4. The third kappa shape index (κ3) is 5.33. The van der Waals surface area contributed by atoms with Crippen LogP contribution in [0.25, 0.3) is 0 Å². The van der Waals surface area contributed by atoms with E-state index < -0.39 is 47.5 Å². The van der Waals surface area contributed by atoms with Crippen molar-refractivity contribution >= 4 is 29.6 Å². The Morgan fingerprint density at radius 2 is 1.90 bits per heavy atom. The maximum Gasteiger partial charge on any atom is 0.405 e. The molecule has 2 unspecified atom stereocenters. The highest BCUT2D eigenvalue weighted by atomic mass is 16.5. The summed E-state index contributed by atoms with van der Waals surface area (Å²) in [4.78, 5) is 67.5. The van der Waals surface area contributed by atoms with Crippen molar-refractivity contribution in [3.63, 3.8) is 0 Å². The molecule has 0 bridgehead atoms. The molecule has 212 valence electrons. The number of nitrogens with zero attached hydrogens (tertiary/aromatic N) is 3. The van der Waals surface area contributed by atoms with Gasteiger partial charge in [-0.15, -0.1) is 0 Å². The van der Waals surface area contributed by atoms with Gasteiger partial charge < -0.3 is 30.7 Å². The number of nitrogens with two attached hydrogens (primary N) is 1. The number of Topliss-reactive ketones (excluding diaryl/α,β-unsaturated/α-hetero) is 1. The average molecular weight is 552 g/mol. The molecule has 1 aromatic rings. The van der Waals surface area contributed by atoms with Crippen LogP contribution < -0.4 is 15.8 Å². The summed E-state index contributed by atoms with van der Waals surface area (Å²) < 4.78 is 6.16. The minimum Gasteiger partial charge on any atom is -0.476 e. The molecule has 5 rings (SSSR count). The number of fused-ring (bicyclic) bond motifs is 1. The molecule has 4 N–H and O–H groups in total. The number of likely N-dealkylation sites (tertiary alicyclic amines) is 1. The monoisotopic (exact) mass is 551 g/mol. The van der Waals surface area contributed by atoms with Crippen LogP contribution in [0.2, 0.25) is 0 Å². The fourth-order valence-electron chi connectivity index (χ4n) is 5.90. The molecule has 4 atom stereocenters. The van der Waals surface area contributed by atoms with E-state index in [1.165, 1.54) is 16.8 Å². The number of ether oxygens (including phenoxy) is 1. The van der Waals surface area contributed by atoms with Gasteiger partial charge in [0.15, 0.2) is 11.4 Å². The molecule has 3 fully saturated rings.